The van der Waals surface area contributed by atoms with Crippen molar-refractivity contribution in [3.05, 3.63) is 0 Å². The number of likely N-dealkylation sites (tertiary alicyclic amines) is 1. The molecule has 3 nitrogen and oxygen atoms in total. The standard InChI is InChI=1S/C16H35N3/c1-13(2)11-16(18(4)5)12-17-14(3)15-7-9-19(6)10-8-15/h13-17H,7-12H2,1-6H3. The number of rotatable bonds is 7. The lowest BCUT2D eigenvalue weighted by Crippen LogP contribution is -2.46. The van der Waals surface area contributed by atoms with Gasteiger partial charge in [0.15, 0.2) is 0 Å². The summed E-state index contributed by atoms with van der Waals surface area (Å²) in [5, 5.41) is 3.79. The first-order valence-electron chi connectivity index (χ1n) is 7.98. The lowest BCUT2D eigenvalue weighted by molar-refractivity contribution is 0.178. The van der Waals surface area contributed by atoms with E-state index < -0.39 is 0 Å². The van der Waals surface area contributed by atoms with Crippen LogP contribution in [0.3, 0.4) is 0 Å². The van der Waals surface area contributed by atoms with Crippen molar-refractivity contribution in [1.82, 2.24) is 15.1 Å². The molecule has 1 heterocycles. The molecule has 0 radical (unpaired) electrons. The first kappa shape index (κ1) is 16.9. The van der Waals surface area contributed by atoms with Crippen molar-refractivity contribution in [3.8, 4) is 0 Å². The molecule has 0 saturated carbocycles. The zero-order valence-corrected chi connectivity index (χ0v) is 13.9. The van der Waals surface area contributed by atoms with Crippen LogP contribution in [-0.4, -0.2) is 62.7 Å². The van der Waals surface area contributed by atoms with Crippen molar-refractivity contribution in [2.45, 2.75) is 52.1 Å². The third-order valence-electron chi connectivity index (χ3n) is 4.62. The van der Waals surface area contributed by atoms with Gasteiger partial charge >= 0.3 is 0 Å². The predicted molar refractivity (Wildman–Crippen MR) is 84.6 cm³/mol. The average Bonchev–Trinajstić information content (AvgIpc) is 2.34. The zero-order chi connectivity index (χ0) is 14.4. The second-order valence-electron chi connectivity index (χ2n) is 7.08. The minimum Gasteiger partial charge on any atom is -0.312 e. The molecule has 0 aliphatic carbocycles. The highest BCUT2D eigenvalue weighted by atomic mass is 15.1. The van der Waals surface area contributed by atoms with Crippen molar-refractivity contribution in [2.24, 2.45) is 11.8 Å². The summed E-state index contributed by atoms with van der Waals surface area (Å²) in [4.78, 5) is 4.82. The van der Waals surface area contributed by atoms with Crippen molar-refractivity contribution in [1.29, 1.82) is 0 Å². The Labute approximate surface area is 120 Å². The molecule has 19 heavy (non-hydrogen) atoms. The molecular weight excluding hydrogens is 234 g/mol. The van der Waals surface area contributed by atoms with Gasteiger partial charge in [-0.15, -0.1) is 0 Å². The Balaban J connectivity index is 2.32. The van der Waals surface area contributed by atoms with Crippen LogP contribution < -0.4 is 5.32 Å². The molecule has 3 heteroatoms. The van der Waals surface area contributed by atoms with E-state index in [0.29, 0.717) is 12.1 Å². The highest BCUT2D eigenvalue weighted by Gasteiger charge is 2.23. The fourth-order valence-corrected chi connectivity index (χ4v) is 3.04. The fraction of sp³-hybridized carbons (Fsp3) is 1.00. The Bertz CT molecular complexity index is 232. The van der Waals surface area contributed by atoms with Crippen LogP contribution in [0, 0.1) is 11.8 Å². The molecule has 0 bridgehead atoms. The van der Waals surface area contributed by atoms with Gasteiger partial charge in [0.1, 0.15) is 0 Å². The zero-order valence-electron chi connectivity index (χ0n) is 13.9. The number of hydrogen-bond acceptors (Lipinski definition) is 3. The monoisotopic (exact) mass is 269 g/mol. The summed E-state index contributed by atoms with van der Waals surface area (Å²) in [5.41, 5.74) is 0. The summed E-state index contributed by atoms with van der Waals surface area (Å²) in [5.74, 6) is 1.63. The van der Waals surface area contributed by atoms with Gasteiger partial charge in [-0.2, -0.15) is 0 Å². The van der Waals surface area contributed by atoms with Gasteiger partial charge in [0.2, 0.25) is 0 Å². The van der Waals surface area contributed by atoms with Gasteiger partial charge in [-0.1, -0.05) is 13.8 Å². The van der Waals surface area contributed by atoms with E-state index in [-0.39, 0.29) is 0 Å². The predicted octanol–water partition coefficient (Wildman–Crippen LogP) is 2.28. The Morgan fingerprint density at radius 2 is 1.74 bits per heavy atom. The normalized spacial score (nSPS) is 22.1. The van der Waals surface area contributed by atoms with Crippen LogP contribution in [-0.2, 0) is 0 Å². The van der Waals surface area contributed by atoms with Gasteiger partial charge in [0.25, 0.3) is 0 Å². The van der Waals surface area contributed by atoms with Gasteiger partial charge in [0, 0.05) is 18.6 Å². The van der Waals surface area contributed by atoms with Gasteiger partial charge in [-0.25, -0.2) is 0 Å². The van der Waals surface area contributed by atoms with E-state index in [9.17, 15) is 0 Å². The highest BCUT2D eigenvalue weighted by molar-refractivity contribution is 4.80. The van der Waals surface area contributed by atoms with Gasteiger partial charge in [-0.05, 0) is 72.3 Å². The number of likely N-dealkylation sites (N-methyl/N-ethyl adjacent to an activating group) is 1. The number of nitrogens with zero attached hydrogens (tertiary/aromatic N) is 2. The van der Waals surface area contributed by atoms with Crippen LogP contribution in [0.25, 0.3) is 0 Å². The van der Waals surface area contributed by atoms with Gasteiger partial charge < -0.3 is 15.1 Å². The van der Waals surface area contributed by atoms with Gasteiger partial charge in [-0.3, -0.25) is 0 Å². The Morgan fingerprint density at radius 1 is 1.16 bits per heavy atom. The van der Waals surface area contributed by atoms with Crippen molar-refractivity contribution >= 4 is 0 Å². The lowest BCUT2D eigenvalue weighted by atomic mass is 9.90. The maximum Gasteiger partial charge on any atom is 0.0217 e. The third kappa shape index (κ3) is 6.24. The molecule has 1 aliphatic heterocycles. The topological polar surface area (TPSA) is 18.5 Å². The maximum absolute atomic E-state index is 3.79. The highest BCUT2D eigenvalue weighted by Crippen LogP contribution is 2.20. The molecule has 1 aliphatic rings. The van der Waals surface area contributed by atoms with Crippen molar-refractivity contribution in [2.75, 3.05) is 40.8 Å². The number of nitrogens with one attached hydrogen (secondary N) is 1. The van der Waals surface area contributed by atoms with Crippen LogP contribution in [0.2, 0.25) is 0 Å². The van der Waals surface area contributed by atoms with Crippen LogP contribution in [0.4, 0.5) is 0 Å². The molecule has 0 spiro atoms. The second-order valence-corrected chi connectivity index (χ2v) is 7.08. The Morgan fingerprint density at radius 3 is 2.21 bits per heavy atom. The summed E-state index contributed by atoms with van der Waals surface area (Å²) in [6.45, 7) is 10.7. The van der Waals surface area contributed by atoms with Crippen LogP contribution >= 0.6 is 0 Å². The molecule has 0 aromatic heterocycles. The SMILES string of the molecule is CC(C)CC(CNC(C)C1CCN(C)CC1)N(C)C. The van der Waals surface area contributed by atoms with E-state index in [1.165, 1.54) is 32.4 Å². The first-order valence-corrected chi connectivity index (χ1v) is 7.98. The molecule has 0 aromatic rings. The summed E-state index contributed by atoms with van der Waals surface area (Å²) < 4.78 is 0. The minimum atomic E-state index is 0.656. The molecule has 0 amide bonds. The van der Waals surface area contributed by atoms with Crippen LogP contribution in [0.15, 0.2) is 0 Å². The van der Waals surface area contributed by atoms with E-state index in [1.54, 1.807) is 0 Å². The van der Waals surface area contributed by atoms with Gasteiger partial charge in [0.05, 0.1) is 0 Å². The van der Waals surface area contributed by atoms with E-state index in [2.05, 4.69) is 57.0 Å². The quantitative estimate of drug-likeness (QED) is 0.765. The second kappa shape index (κ2) is 8.23. The van der Waals surface area contributed by atoms with Crippen molar-refractivity contribution in [3.63, 3.8) is 0 Å². The third-order valence-corrected chi connectivity index (χ3v) is 4.62. The largest absolute Gasteiger partial charge is 0.312 e. The summed E-state index contributed by atoms with van der Waals surface area (Å²) in [6.07, 6.45) is 3.98. The van der Waals surface area contributed by atoms with Crippen LogP contribution in [0.1, 0.15) is 40.0 Å². The smallest absolute Gasteiger partial charge is 0.0217 e. The van der Waals surface area contributed by atoms with E-state index in [0.717, 1.165) is 18.4 Å². The number of hydrogen-bond donors (Lipinski definition) is 1. The summed E-state index contributed by atoms with van der Waals surface area (Å²) in [7, 11) is 6.64. The molecule has 1 saturated heterocycles. The van der Waals surface area contributed by atoms with E-state index in [4.69, 9.17) is 0 Å². The molecule has 1 N–H and O–H groups in total. The molecule has 2 atom stereocenters. The van der Waals surface area contributed by atoms with Crippen molar-refractivity contribution < 1.29 is 0 Å². The molecule has 0 aromatic carbocycles. The fourth-order valence-electron chi connectivity index (χ4n) is 3.04. The summed E-state index contributed by atoms with van der Waals surface area (Å²) >= 11 is 0. The molecule has 2 unspecified atom stereocenters. The van der Waals surface area contributed by atoms with E-state index >= 15 is 0 Å². The molecule has 1 rings (SSSR count). The Kier molecular flexibility index (Phi) is 7.33. The molecule has 114 valence electrons. The maximum atomic E-state index is 3.79. The minimum absolute atomic E-state index is 0.656. The first-order chi connectivity index (χ1) is 8.90. The van der Waals surface area contributed by atoms with Crippen LogP contribution in [0.5, 0.6) is 0 Å². The Hall–Kier alpha value is -0.120. The number of piperidine rings is 1. The average molecular weight is 269 g/mol. The summed E-state index contributed by atoms with van der Waals surface area (Å²) in [6, 6.07) is 1.32. The van der Waals surface area contributed by atoms with E-state index in [1.807, 2.05) is 0 Å². The molecular formula is C16H35N3. The lowest BCUT2D eigenvalue weighted by Gasteiger charge is -2.35. The molecule has 1 fully saturated rings.